The number of nitrogens with zero attached hydrogens (tertiary/aromatic N) is 1. The molecule has 0 atom stereocenters. The predicted molar refractivity (Wildman–Crippen MR) is 64.8 cm³/mol. The van der Waals surface area contributed by atoms with Crippen LogP contribution in [0.3, 0.4) is 0 Å². The minimum Gasteiger partial charge on any atom is -0.396 e. The third kappa shape index (κ3) is 1.88. The van der Waals surface area contributed by atoms with Gasteiger partial charge in [-0.1, -0.05) is 0 Å². The molecule has 1 aromatic heterocycles. The highest BCUT2D eigenvalue weighted by atomic mass is 32.2. The first kappa shape index (κ1) is 11.4. The summed E-state index contributed by atoms with van der Waals surface area (Å²) in [5.41, 5.74) is 6.52. The zero-order valence-electron chi connectivity index (χ0n) is 8.75. The highest BCUT2D eigenvalue weighted by molar-refractivity contribution is 7.99. The molecule has 14 heavy (non-hydrogen) atoms. The first-order valence-corrected chi connectivity index (χ1v) is 6.17. The fourth-order valence-corrected chi connectivity index (χ4v) is 3.22. The molecule has 0 aliphatic carbocycles. The summed E-state index contributed by atoms with van der Waals surface area (Å²) < 4.78 is 0. The number of nitrogens with two attached hydrogens (primary N) is 1. The standard InChI is InChI=1S/C9H14N2OS2/c1-5(12)7-6(10)8(13-4)9(14-7)11(2)3/h10H2,1-4H3. The van der Waals surface area contributed by atoms with Crippen LogP contribution in [-0.4, -0.2) is 26.1 Å². The molecule has 0 saturated carbocycles. The van der Waals surface area contributed by atoms with Crippen molar-refractivity contribution in [3.63, 3.8) is 0 Å². The molecule has 78 valence electrons. The van der Waals surface area contributed by atoms with E-state index >= 15 is 0 Å². The summed E-state index contributed by atoms with van der Waals surface area (Å²) in [5.74, 6) is 0.0379. The minimum atomic E-state index is 0.0379. The van der Waals surface area contributed by atoms with Gasteiger partial charge in [-0.2, -0.15) is 0 Å². The molecular formula is C9H14N2OS2. The second kappa shape index (κ2) is 4.23. The number of ketones is 1. The van der Waals surface area contributed by atoms with E-state index in [0.29, 0.717) is 10.6 Å². The molecule has 0 amide bonds. The van der Waals surface area contributed by atoms with Crippen LogP contribution in [-0.2, 0) is 0 Å². The Morgan fingerprint density at radius 1 is 1.50 bits per heavy atom. The number of nitrogen functional groups attached to an aromatic ring is 1. The van der Waals surface area contributed by atoms with Crippen LogP contribution in [0, 0.1) is 0 Å². The molecule has 0 radical (unpaired) electrons. The molecule has 0 fully saturated rings. The van der Waals surface area contributed by atoms with Gasteiger partial charge in [0.05, 0.1) is 15.5 Å². The van der Waals surface area contributed by atoms with E-state index in [9.17, 15) is 4.79 Å². The molecular weight excluding hydrogens is 216 g/mol. The Kier molecular flexibility index (Phi) is 3.44. The smallest absolute Gasteiger partial charge is 0.171 e. The van der Waals surface area contributed by atoms with Gasteiger partial charge >= 0.3 is 0 Å². The fraction of sp³-hybridized carbons (Fsp3) is 0.444. The molecule has 1 heterocycles. The molecule has 0 bridgehead atoms. The molecule has 0 aliphatic heterocycles. The molecule has 1 rings (SSSR count). The number of Topliss-reactive ketones (excluding diaryl/α,β-unsaturated/α-hetero) is 1. The maximum atomic E-state index is 11.3. The van der Waals surface area contributed by atoms with E-state index in [4.69, 9.17) is 5.73 Å². The van der Waals surface area contributed by atoms with Crippen LogP contribution in [0.2, 0.25) is 0 Å². The molecule has 0 aromatic carbocycles. The van der Waals surface area contributed by atoms with E-state index in [1.165, 1.54) is 11.3 Å². The Hall–Kier alpha value is -0.680. The molecule has 0 spiro atoms. The second-order valence-corrected chi connectivity index (χ2v) is 4.95. The van der Waals surface area contributed by atoms with Gasteiger partial charge in [0.2, 0.25) is 0 Å². The van der Waals surface area contributed by atoms with E-state index in [1.807, 2.05) is 25.3 Å². The van der Waals surface area contributed by atoms with E-state index < -0.39 is 0 Å². The number of hydrogen-bond acceptors (Lipinski definition) is 5. The van der Waals surface area contributed by atoms with Crippen LogP contribution in [0.15, 0.2) is 4.90 Å². The quantitative estimate of drug-likeness (QED) is 0.639. The Bertz CT molecular complexity index is 358. The molecule has 0 saturated heterocycles. The van der Waals surface area contributed by atoms with Crippen molar-refractivity contribution in [1.29, 1.82) is 0 Å². The zero-order chi connectivity index (χ0) is 10.9. The van der Waals surface area contributed by atoms with Gasteiger partial charge in [-0.25, -0.2) is 0 Å². The predicted octanol–water partition coefficient (Wildman–Crippen LogP) is 2.32. The fourth-order valence-electron chi connectivity index (χ4n) is 1.17. The maximum absolute atomic E-state index is 11.3. The van der Waals surface area contributed by atoms with Gasteiger partial charge in [-0.15, -0.1) is 23.1 Å². The van der Waals surface area contributed by atoms with Crippen molar-refractivity contribution in [2.45, 2.75) is 11.8 Å². The normalized spacial score (nSPS) is 10.3. The van der Waals surface area contributed by atoms with Crippen LogP contribution < -0.4 is 10.6 Å². The van der Waals surface area contributed by atoms with E-state index in [-0.39, 0.29) is 5.78 Å². The molecule has 0 unspecified atom stereocenters. The van der Waals surface area contributed by atoms with E-state index in [1.54, 1.807) is 18.7 Å². The lowest BCUT2D eigenvalue weighted by atomic mass is 10.3. The summed E-state index contributed by atoms with van der Waals surface area (Å²) in [6, 6.07) is 0. The van der Waals surface area contributed by atoms with Gasteiger partial charge in [0.15, 0.2) is 5.78 Å². The van der Waals surface area contributed by atoms with Gasteiger partial charge < -0.3 is 10.6 Å². The van der Waals surface area contributed by atoms with E-state index in [0.717, 1.165) is 9.90 Å². The van der Waals surface area contributed by atoms with Crippen LogP contribution >= 0.6 is 23.1 Å². The number of carbonyl (C=O) groups excluding carboxylic acids is 1. The maximum Gasteiger partial charge on any atom is 0.171 e. The topological polar surface area (TPSA) is 46.3 Å². The molecule has 2 N–H and O–H groups in total. The van der Waals surface area contributed by atoms with Crippen molar-refractivity contribution in [3.8, 4) is 0 Å². The summed E-state index contributed by atoms with van der Waals surface area (Å²) >= 11 is 3.04. The SMILES string of the molecule is CSc1c(N(C)C)sc(C(C)=O)c1N. The monoisotopic (exact) mass is 230 g/mol. The van der Waals surface area contributed by atoms with Crippen molar-refractivity contribution >= 4 is 39.6 Å². The Labute approximate surface area is 92.3 Å². The summed E-state index contributed by atoms with van der Waals surface area (Å²) in [6.45, 7) is 1.55. The number of thiophene rings is 1. The summed E-state index contributed by atoms with van der Waals surface area (Å²) in [7, 11) is 3.91. The average Bonchev–Trinajstić information content (AvgIpc) is 2.42. The lowest BCUT2D eigenvalue weighted by molar-refractivity contribution is 0.102. The third-order valence-electron chi connectivity index (χ3n) is 1.81. The first-order chi connectivity index (χ1) is 6.49. The van der Waals surface area contributed by atoms with Crippen LogP contribution in [0.25, 0.3) is 0 Å². The second-order valence-electron chi connectivity index (χ2n) is 3.13. The number of hydrogen-bond donors (Lipinski definition) is 1. The Balaban J connectivity index is 3.31. The van der Waals surface area contributed by atoms with Crippen LogP contribution in [0.4, 0.5) is 10.7 Å². The van der Waals surface area contributed by atoms with Gasteiger partial charge in [-0.05, 0) is 6.26 Å². The van der Waals surface area contributed by atoms with Crippen molar-refractivity contribution in [3.05, 3.63) is 4.88 Å². The van der Waals surface area contributed by atoms with Crippen molar-refractivity contribution in [2.75, 3.05) is 31.0 Å². The largest absolute Gasteiger partial charge is 0.396 e. The highest BCUT2D eigenvalue weighted by Crippen LogP contribution is 2.42. The van der Waals surface area contributed by atoms with Gasteiger partial charge in [-0.3, -0.25) is 4.79 Å². The number of thioether (sulfide) groups is 1. The summed E-state index contributed by atoms with van der Waals surface area (Å²) in [6.07, 6.45) is 1.97. The van der Waals surface area contributed by atoms with Crippen molar-refractivity contribution < 1.29 is 4.79 Å². The number of carbonyl (C=O) groups is 1. The minimum absolute atomic E-state index is 0.0379. The lowest BCUT2D eigenvalue weighted by Crippen LogP contribution is -2.07. The molecule has 5 heteroatoms. The Morgan fingerprint density at radius 3 is 2.36 bits per heavy atom. The molecule has 0 aliphatic rings. The van der Waals surface area contributed by atoms with Crippen molar-refractivity contribution in [1.82, 2.24) is 0 Å². The Morgan fingerprint density at radius 2 is 2.07 bits per heavy atom. The van der Waals surface area contributed by atoms with Crippen molar-refractivity contribution in [2.24, 2.45) is 0 Å². The highest BCUT2D eigenvalue weighted by Gasteiger charge is 2.18. The number of rotatable bonds is 3. The molecule has 3 nitrogen and oxygen atoms in total. The first-order valence-electron chi connectivity index (χ1n) is 4.13. The summed E-state index contributed by atoms with van der Waals surface area (Å²) in [4.78, 5) is 14.9. The number of anilines is 2. The van der Waals surface area contributed by atoms with Crippen LogP contribution in [0.5, 0.6) is 0 Å². The van der Waals surface area contributed by atoms with Gasteiger partial charge in [0, 0.05) is 21.0 Å². The van der Waals surface area contributed by atoms with Gasteiger partial charge in [0.1, 0.15) is 5.00 Å². The summed E-state index contributed by atoms with van der Waals surface area (Å²) in [5, 5.41) is 1.06. The third-order valence-corrected chi connectivity index (χ3v) is 4.24. The van der Waals surface area contributed by atoms with E-state index in [2.05, 4.69) is 0 Å². The van der Waals surface area contributed by atoms with Crippen LogP contribution in [0.1, 0.15) is 16.6 Å². The lowest BCUT2D eigenvalue weighted by Gasteiger charge is -2.10. The zero-order valence-corrected chi connectivity index (χ0v) is 10.4. The molecule has 1 aromatic rings. The van der Waals surface area contributed by atoms with Gasteiger partial charge in [0.25, 0.3) is 0 Å². The average molecular weight is 230 g/mol.